The quantitative estimate of drug-likeness (QED) is 0.774. The Labute approximate surface area is 110 Å². The molecule has 0 aliphatic heterocycles. The number of hydrogen-bond donors (Lipinski definition) is 1. The van der Waals surface area contributed by atoms with Crippen LogP contribution in [-0.2, 0) is 0 Å². The molecule has 2 aromatic heterocycles. The molecule has 2 heterocycles. The van der Waals surface area contributed by atoms with Crippen molar-refractivity contribution in [2.75, 3.05) is 5.32 Å². The van der Waals surface area contributed by atoms with Crippen LogP contribution in [0.1, 0.15) is 18.5 Å². The molecule has 3 aromatic rings. The van der Waals surface area contributed by atoms with Gasteiger partial charge < -0.3 is 5.32 Å². The summed E-state index contributed by atoms with van der Waals surface area (Å²) >= 11 is 0. The Kier molecular flexibility index (Phi) is 2.91. The molecule has 1 atom stereocenters. The minimum absolute atomic E-state index is 0.0173. The number of pyridine rings is 1. The van der Waals surface area contributed by atoms with Crippen LogP contribution in [0.3, 0.4) is 0 Å². The van der Waals surface area contributed by atoms with Gasteiger partial charge in [-0.25, -0.2) is 9.37 Å². The third kappa shape index (κ3) is 2.29. The standard InChI is InChI=1S/C15H14FN3/c1-11(12-4-2-5-13(16)10-12)18-15-7-3-6-14-17-8-9-19(14)15/h2-11,18H,1H3. The molecule has 1 N–H and O–H groups in total. The lowest BCUT2D eigenvalue weighted by molar-refractivity contribution is 0.623. The van der Waals surface area contributed by atoms with E-state index in [4.69, 9.17) is 0 Å². The number of nitrogens with zero attached hydrogens (tertiary/aromatic N) is 2. The highest BCUT2D eigenvalue weighted by Gasteiger charge is 2.08. The van der Waals surface area contributed by atoms with E-state index in [0.29, 0.717) is 0 Å². The molecule has 3 rings (SSSR count). The predicted octanol–water partition coefficient (Wildman–Crippen LogP) is 3.65. The van der Waals surface area contributed by atoms with E-state index in [1.54, 1.807) is 18.3 Å². The molecule has 0 spiro atoms. The average Bonchev–Trinajstić information content (AvgIpc) is 2.88. The molecule has 96 valence electrons. The van der Waals surface area contributed by atoms with Crippen molar-refractivity contribution >= 4 is 11.5 Å². The molecule has 0 saturated heterocycles. The zero-order valence-corrected chi connectivity index (χ0v) is 10.5. The molecule has 0 aliphatic rings. The molecule has 4 heteroatoms. The van der Waals surface area contributed by atoms with Gasteiger partial charge in [0.1, 0.15) is 17.3 Å². The van der Waals surface area contributed by atoms with Crippen LogP contribution in [0.15, 0.2) is 54.9 Å². The molecule has 19 heavy (non-hydrogen) atoms. The van der Waals surface area contributed by atoms with Crippen LogP contribution in [-0.4, -0.2) is 9.38 Å². The third-order valence-electron chi connectivity index (χ3n) is 3.14. The fraction of sp³-hybridized carbons (Fsp3) is 0.133. The van der Waals surface area contributed by atoms with Gasteiger partial charge in [0, 0.05) is 18.4 Å². The Hall–Kier alpha value is -2.36. The summed E-state index contributed by atoms with van der Waals surface area (Å²) in [6, 6.07) is 12.5. The number of imidazole rings is 1. The molecule has 0 radical (unpaired) electrons. The smallest absolute Gasteiger partial charge is 0.138 e. The minimum atomic E-state index is -0.216. The number of benzene rings is 1. The third-order valence-corrected chi connectivity index (χ3v) is 3.14. The highest BCUT2D eigenvalue weighted by atomic mass is 19.1. The van der Waals surface area contributed by atoms with Gasteiger partial charge in [-0.05, 0) is 36.8 Å². The SMILES string of the molecule is CC(Nc1cccc2nccn12)c1cccc(F)c1. The molecule has 0 bridgehead atoms. The fourth-order valence-corrected chi connectivity index (χ4v) is 2.15. The zero-order chi connectivity index (χ0) is 13.2. The van der Waals surface area contributed by atoms with Crippen molar-refractivity contribution in [3.8, 4) is 0 Å². The maximum absolute atomic E-state index is 13.2. The summed E-state index contributed by atoms with van der Waals surface area (Å²) in [4.78, 5) is 4.24. The van der Waals surface area contributed by atoms with E-state index in [1.807, 2.05) is 41.8 Å². The topological polar surface area (TPSA) is 29.3 Å². The molecule has 0 fully saturated rings. The number of halogens is 1. The highest BCUT2D eigenvalue weighted by Crippen LogP contribution is 2.20. The van der Waals surface area contributed by atoms with Gasteiger partial charge in [-0.15, -0.1) is 0 Å². The van der Waals surface area contributed by atoms with E-state index >= 15 is 0 Å². The maximum atomic E-state index is 13.2. The van der Waals surface area contributed by atoms with Crippen LogP contribution < -0.4 is 5.32 Å². The van der Waals surface area contributed by atoms with Crippen molar-refractivity contribution in [1.82, 2.24) is 9.38 Å². The Balaban J connectivity index is 1.90. The number of hydrogen-bond acceptors (Lipinski definition) is 2. The second-order valence-corrected chi connectivity index (χ2v) is 4.49. The molecule has 0 aliphatic carbocycles. The van der Waals surface area contributed by atoms with Crippen LogP contribution >= 0.6 is 0 Å². The van der Waals surface area contributed by atoms with Gasteiger partial charge in [0.25, 0.3) is 0 Å². The van der Waals surface area contributed by atoms with Crippen LogP contribution in [0.4, 0.5) is 10.2 Å². The molecular weight excluding hydrogens is 241 g/mol. The van der Waals surface area contributed by atoms with Gasteiger partial charge in [-0.1, -0.05) is 18.2 Å². The van der Waals surface area contributed by atoms with Gasteiger partial charge in [-0.2, -0.15) is 0 Å². The van der Waals surface area contributed by atoms with Gasteiger partial charge in [0.2, 0.25) is 0 Å². The molecule has 0 saturated carbocycles. The Bertz CT molecular complexity index is 705. The van der Waals surface area contributed by atoms with Crippen LogP contribution in [0.2, 0.25) is 0 Å². The van der Waals surface area contributed by atoms with E-state index in [2.05, 4.69) is 10.3 Å². The van der Waals surface area contributed by atoms with Crippen LogP contribution in [0.25, 0.3) is 5.65 Å². The lowest BCUT2D eigenvalue weighted by Gasteiger charge is -2.16. The molecule has 1 unspecified atom stereocenters. The number of rotatable bonds is 3. The van der Waals surface area contributed by atoms with Crippen LogP contribution in [0, 0.1) is 5.82 Å². The van der Waals surface area contributed by atoms with Crippen LogP contribution in [0.5, 0.6) is 0 Å². The summed E-state index contributed by atoms with van der Waals surface area (Å²) < 4.78 is 15.2. The molecule has 3 nitrogen and oxygen atoms in total. The van der Waals surface area contributed by atoms with E-state index in [1.165, 1.54) is 6.07 Å². The molecular formula is C15H14FN3. The lowest BCUT2D eigenvalue weighted by Crippen LogP contribution is -2.09. The first-order valence-corrected chi connectivity index (χ1v) is 6.18. The van der Waals surface area contributed by atoms with Gasteiger partial charge in [-0.3, -0.25) is 4.40 Å². The Morgan fingerprint density at radius 2 is 2.05 bits per heavy atom. The summed E-state index contributed by atoms with van der Waals surface area (Å²) in [5.74, 6) is 0.721. The van der Waals surface area contributed by atoms with E-state index in [-0.39, 0.29) is 11.9 Å². The van der Waals surface area contributed by atoms with E-state index < -0.39 is 0 Å². The van der Waals surface area contributed by atoms with Crippen molar-refractivity contribution in [3.05, 3.63) is 66.2 Å². The van der Waals surface area contributed by atoms with E-state index in [0.717, 1.165) is 17.0 Å². The van der Waals surface area contributed by atoms with Gasteiger partial charge >= 0.3 is 0 Å². The molecule has 0 amide bonds. The average molecular weight is 255 g/mol. The summed E-state index contributed by atoms with van der Waals surface area (Å²) in [6.07, 6.45) is 3.66. The first-order valence-electron chi connectivity index (χ1n) is 6.18. The summed E-state index contributed by atoms with van der Waals surface area (Å²) in [5.41, 5.74) is 1.80. The van der Waals surface area contributed by atoms with Crippen molar-refractivity contribution in [2.45, 2.75) is 13.0 Å². The lowest BCUT2D eigenvalue weighted by atomic mass is 10.1. The molecule has 1 aromatic carbocycles. The fourth-order valence-electron chi connectivity index (χ4n) is 2.15. The van der Waals surface area contributed by atoms with Crippen molar-refractivity contribution in [2.24, 2.45) is 0 Å². The summed E-state index contributed by atoms with van der Waals surface area (Å²) in [5, 5.41) is 3.37. The largest absolute Gasteiger partial charge is 0.365 e. The first kappa shape index (κ1) is 11.7. The second-order valence-electron chi connectivity index (χ2n) is 4.49. The first-order chi connectivity index (χ1) is 9.24. The minimum Gasteiger partial charge on any atom is -0.365 e. The predicted molar refractivity (Wildman–Crippen MR) is 73.6 cm³/mol. The number of anilines is 1. The Morgan fingerprint density at radius 1 is 1.21 bits per heavy atom. The monoisotopic (exact) mass is 255 g/mol. The highest BCUT2D eigenvalue weighted by molar-refractivity contribution is 5.50. The van der Waals surface area contributed by atoms with Gasteiger partial charge in [0.15, 0.2) is 0 Å². The van der Waals surface area contributed by atoms with E-state index in [9.17, 15) is 4.39 Å². The number of fused-ring (bicyclic) bond motifs is 1. The summed E-state index contributed by atoms with van der Waals surface area (Å²) in [6.45, 7) is 2.00. The van der Waals surface area contributed by atoms with Crippen molar-refractivity contribution in [1.29, 1.82) is 0 Å². The summed E-state index contributed by atoms with van der Waals surface area (Å²) in [7, 11) is 0. The number of nitrogens with one attached hydrogen (secondary N) is 1. The number of aromatic nitrogens is 2. The van der Waals surface area contributed by atoms with Gasteiger partial charge in [0.05, 0.1) is 0 Å². The Morgan fingerprint density at radius 3 is 2.89 bits per heavy atom. The normalized spacial score (nSPS) is 12.5. The van der Waals surface area contributed by atoms with Crippen molar-refractivity contribution < 1.29 is 4.39 Å². The zero-order valence-electron chi connectivity index (χ0n) is 10.5. The maximum Gasteiger partial charge on any atom is 0.138 e. The van der Waals surface area contributed by atoms with Crippen molar-refractivity contribution in [3.63, 3.8) is 0 Å². The second kappa shape index (κ2) is 4.72.